The van der Waals surface area contributed by atoms with Gasteiger partial charge in [0.2, 0.25) is 0 Å². The monoisotopic (exact) mass is 457 g/mol. The summed E-state index contributed by atoms with van der Waals surface area (Å²) in [5, 5.41) is 12.9. The summed E-state index contributed by atoms with van der Waals surface area (Å²) in [6.45, 7) is 0. The number of carboxylic acid groups (broad SMARTS) is 1. The Kier molecular flexibility index (Phi) is 5.75. The van der Waals surface area contributed by atoms with Crippen LogP contribution in [0.15, 0.2) is 42.5 Å². The van der Waals surface area contributed by atoms with Crippen LogP contribution in [0.2, 0.25) is 0 Å². The van der Waals surface area contributed by atoms with Gasteiger partial charge in [-0.1, -0.05) is 0 Å². The summed E-state index contributed by atoms with van der Waals surface area (Å²) in [5.74, 6) is -0.112. The normalized spacial score (nSPS) is 13.2. The van der Waals surface area contributed by atoms with Crippen molar-refractivity contribution in [3.63, 3.8) is 0 Å². The molecule has 33 heavy (non-hydrogen) atoms. The summed E-state index contributed by atoms with van der Waals surface area (Å²) in [4.78, 5) is 27.9. The molecule has 1 atom stereocenters. The largest absolute Gasteiger partial charge is 0.480 e. The molecule has 0 radical (unpaired) electrons. The maximum atomic E-state index is 11.8. The molecule has 0 fully saturated rings. The summed E-state index contributed by atoms with van der Waals surface area (Å²) >= 11 is 1.63. The molecule has 2 aliphatic heterocycles. The minimum absolute atomic E-state index is 0.523. The van der Waals surface area contributed by atoms with Crippen molar-refractivity contribution < 1.29 is 9.90 Å². The van der Waals surface area contributed by atoms with E-state index in [-0.39, 0.29) is 0 Å². The lowest BCUT2D eigenvalue weighted by molar-refractivity contribution is -0.137. The molecule has 5 heterocycles. The van der Waals surface area contributed by atoms with Crippen LogP contribution in [0.4, 0.5) is 5.69 Å². The number of nitrogens with zero attached hydrogens (tertiary/aromatic N) is 2. The van der Waals surface area contributed by atoms with E-state index in [4.69, 9.17) is 4.98 Å². The number of rotatable bonds is 6. The number of aromatic amines is 2. The predicted molar refractivity (Wildman–Crippen MR) is 137 cm³/mol. The third-order valence-corrected chi connectivity index (χ3v) is 6.05. The van der Waals surface area contributed by atoms with Gasteiger partial charge in [-0.25, -0.2) is 14.8 Å². The Balaban J connectivity index is 1.69. The molecule has 0 unspecified atom stereocenters. The highest BCUT2D eigenvalue weighted by molar-refractivity contribution is 7.98. The summed E-state index contributed by atoms with van der Waals surface area (Å²) in [7, 11) is 0. The maximum absolute atomic E-state index is 11.8. The summed E-state index contributed by atoms with van der Waals surface area (Å²) in [5.41, 5.74) is 7.55. The lowest BCUT2D eigenvalue weighted by Gasteiger charge is -2.14. The van der Waals surface area contributed by atoms with E-state index in [0.717, 1.165) is 56.3 Å². The highest BCUT2D eigenvalue weighted by Crippen LogP contribution is 2.24. The highest BCUT2D eigenvalue weighted by Gasteiger charge is 2.18. The van der Waals surface area contributed by atoms with Crippen molar-refractivity contribution in [1.29, 1.82) is 0 Å². The first kappa shape index (κ1) is 21.1. The fourth-order valence-electron chi connectivity index (χ4n) is 3.82. The van der Waals surface area contributed by atoms with Crippen molar-refractivity contribution in [3.8, 4) is 0 Å². The molecule has 2 aliphatic rings. The molecule has 0 saturated heterocycles. The second-order valence-corrected chi connectivity index (χ2v) is 8.89. The fraction of sp³-hybridized carbons (Fsp3) is 0.160. The molecule has 0 aliphatic carbocycles. The summed E-state index contributed by atoms with van der Waals surface area (Å²) < 4.78 is 0. The van der Waals surface area contributed by atoms with Gasteiger partial charge in [0.1, 0.15) is 6.04 Å². The molecular formula is C25H23N5O2S. The second kappa shape index (κ2) is 8.99. The van der Waals surface area contributed by atoms with Crippen LogP contribution in [-0.2, 0) is 4.79 Å². The number of aliphatic carboxylic acids is 1. The molecule has 5 rings (SSSR count). The molecule has 0 saturated carbocycles. The van der Waals surface area contributed by atoms with Crippen LogP contribution in [-0.4, -0.2) is 49.1 Å². The molecule has 7 nitrogen and oxygen atoms in total. The van der Waals surface area contributed by atoms with Crippen molar-refractivity contribution >= 4 is 69.8 Å². The maximum Gasteiger partial charge on any atom is 0.326 e. The zero-order valence-electron chi connectivity index (χ0n) is 18.0. The van der Waals surface area contributed by atoms with E-state index in [1.807, 2.05) is 73.0 Å². The van der Waals surface area contributed by atoms with Crippen LogP contribution < -0.4 is 5.32 Å². The minimum Gasteiger partial charge on any atom is -0.480 e. The number of aromatic nitrogens is 4. The van der Waals surface area contributed by atoms with E-state index in [0.29, 0.717) is 6.42 Å². The van der Waals surface area contributed by atoms with E-state index >= 15 is 0 Å². The number of H-pyrrole nitrogens is 2. The zero-order chi connectivity index (χ0) is 22.8. The number of nitrogens with one attached hydrogen (secondary N) is 3. The molecule has 0 amide bonds. The molecule has 4 N–H and O–H groups in total. The van der Waals surface area contributed by atoms with Gasteiger partial charge in [0.25, 0.3) is 0 Å². The quantitative estimate of drug-likeness (QED) is 0.277. The van der Waals surface area contributed by atoms with E-state index in [1.165, 1.54) is 0 Å². The smallest absolute Gasteiger partial charge is 0.326 e. The molecule has 0 spiro atoms. The molecular weight excluding hydrogens is 434 g/mol. The van der Waals surface area contributed by atoms with Crippen LogP contribution in [0.25, 0.3) is 46.4 Å². The standard InChI is InChI=1S/C25H23N5O2S/c1-33-9-8-22(25(31)32)30-24-14-21-12-19-5-4-17(27-19)10-15-2-3-16(26-15)11-18-6-7-20(28-18)13-23(24)29-21/h2-7,10-14,22,26,29-30H,8-9H2,1H3,(H,31,32)/t22-/m0/s1. The topological polar surface area (TPSA) is 107 Å². The first-order valence-electron chi connectivity index (χ1n) is 10.6. The predicted octanol–water partition coefficient (Wildman–Crippen LogP) is 5.27. The van der Waals surface area contributed by atoms with Crippen molar-refractivity contribution in [2.24, 2.45) is 0 Å². The lowest BCUT2D eigenvalue weighted by Crippen LogP contribution is -2.29. The fourth-order valence-corrected chi connectivity index (χ4v) is 4.29. The van der Waals surface area contributed by atoms with Gasteiger partial charge < -0.3 is 20.4 Å². The minimum atomic E-state index is -0.869. The molecule has 3 aromatic heterocycles. The SMILES string of the molecule is CSCC[C@H](Nc1cc2cc3nc(cc4ccc(cc5nc(cc1[nH]2)C=C5)[nH]4)C=C3)C(=O)O. The van der Waals surface area contributed by atoms with Gasteiger partial charge in [-0.2, -0.15) is 11.8 Å². The van der Waals surface area contributed by atoms with Crippen LogP contribution >= 0.6 is 11.8 Å². The third kappa shape index (κ3) is 4.85. The van der Waals surface area contributed by atoms with Crippen LogP contribution in [0.5, 0.6) is 0 Å². The van der Waals surface area contributed by atoms with Crippen molar-refractivity contribution in [2.75, 3.05) is 17.3 Å². The van der Waals surface area contributed by atoms with Crippen molar-refractivity contribution in [2.45, 2.75) is 12.5 Å². The average Bonchev–Trinajstić information content (AvgIpc) is 3.56. The number of carbonyl (C=O) groups is 1. The first-order chi connectivity index (χ1) is 16.1. The van der Waals surface area contributed by atoms with Gasteiger partial charge in [0.05, 0.1) is 34.0 Å². The Bertz CT molecular complexity index is 1430. The average molecular weight is 458 g/mol. The number of hydrogen-bond acceptors (Lipinski definition) is 5. The Labute approximate surface area is 194 Å². The lowest BCUT2D eigenvalue weighted by atomic mass is 10.2. The number of thioether (sulfide) groups is 1. The molecule has 8 bridgehead atoms. The molecule has 0 aromatic carbocycles. The van der Waals surface area contributed by atoms with Gasteiger partial charge in [-0.15, -0.1) is 0 Å². The number of hydrogen-bond donors (Lipinski definition) is 4. The molecule has 8 heteroatoms. The van der Waals surface area contributed by atoms with E-state index in [9.17, 15) is 9.90 Å². The van der Waals surface area contributed by atoms with Crippen molar-refractivity contribution in [3.05, 3.63) is 65.2 Å². The Morgan fingerprint density at radius 1 is 0.909 bits per heavy atom. The van der Waals surface area contributed by atoms with Gasteiger partial charge >= 0.3 is 5.97 Å². The highest BCUT2D eigenvalue weighted by atomic mass is 32.2. The summed E-state index contributed by atoms with van der Waals surface area (Å²) in [6, 6.07) is 13.1. The Morgan fingerprint density at radius 3 is 2.06 bits per heavy atom. The van der Waals surface area contributed by atoms with E-state index < -0.39 is 12.0 Å². The van der Waals surface area contributed by atoms with Gasteiger partial charge in [0.15, 0.2) is 0 Å². The Hall–Kier alpha value is -3.78. The third-order valence-electron chi connectivity index (χ3n) is 5.41. The number of anilines is 1. The van der Waals surface area contributed by atoms with Crippen molar-refractivity contribution in [1.82, 2.24) is 19.9 Å². The van der Waals surface area contributed by atoms with Crippen LogP contribution in [0.1, 0.15) is 29.2 Å². The van der Waals surface area contributed by atoms with E-state index in [2.05, 4.69) is 20.3 Å². The second-order valence-electron chi connectivity index (χ2n) is 7.90. The number of fused-ring (bicyclic) bond motifs is 8. The number of carboxylic acids is 1. The summed E-state index contributed by atoms with van der Waals surface area (Å²) in [6.07, 6.45) is 10.3. The molecule has 166 valence electrons. The van der Waals surface area contributed by atoms with Gasteiger partial charge in [0, 0.05) is 16.6 Å². The molecule has 3 aromatic rings. The van der Waals surface area contributed by atoms with Crippen LogP contribution in [0, 0.1) is 0 Å². The van der Waals surface area contributed by atoms with Gasteiger partial charge in [-0.3, -0.25) is 0 Å². The first-order valence-corrected chi connectivity index (χ1v) is 12.0. The van der Waals surface area contributed by atoms with E-state index in [1.54, 1.807) is 11.8 Å². The van der Waals surface area contributed by atoms with Gasteiger partial charge in [-0.05, 0) is 85.2 Å². The Morgan fingerprint density at radius 2 is 1.48 bits per heavy atom. The zero-order valence-corrected chi connectivity index (χ0v) is 18.8. The van der Waals surface area contributed by atoms with Crippen LogP contribution in [0.3, 0.4) is 0 Å².